The summed E-state index contributed by atoms with van der Waals surface area (Å²) in [5.74, 6) is 0.811. The summed E-state index contributed by atoms with van der Waals surface area (Å²) >= 11 is 0. The molecule has 0 radical (unpaired) electrons. The lowest BCUT2D eigenvalue weighted by Gasteiger charge is -2.34. The Morgan fingerprint density at radius 1 is 1.11 bits per heavy atom. The van der Waals surface area contributed by atoms with Gasteiger partial charge in [0.25, 0.3) is 0 Å². The lowest BCUT2D eigenvalue weighted by Crippen LogP contribution is -3.16. The number of aliphatic hydroxyl groups is 1. The van der Waals surface area contributed by atoms with Gasteiger partial charge >= 0.3 is 0 Å². The van der Waals surface area contributed by atoms with E-state index in [2.05, 4.69) is 29.2 Å². The number of nitrogens with zero attached hydrogens (tertiary/aromatic N) is 1. The van der Waals surface area contributed by atoms with Gasteiger partial charge in [-0.25, -0.2) is 0 Å². The number of hydrogen-bond acceptors (Lipinski definition) is 4. The van der Waals surface area contributed by atoms with E-state index >= 15 is 0 Å². The molecule has 27 heavy (non-hydrogen) atoms. The number of benzene rings is 2. The largest absolute Gasteiger partial charge is 0.491 e. The summed E-state index contributed by atoms with van der Waals surface area (Å²) < 4.78 is 5.68. The standard InChI is InChI=1S/C22H28N2O3/c1-2-22(26)18-8-10-21(11-9-18)27-17-20(25)16-23-12-14-24(15-13-23)19-6-4-3-5-7-19/h3-11,20,25H,2,12-17H2,1H3/p+1/t20-/m1/s1. The van der Waals surface area contributed by atoms with E-state index in [1.165, 1.54) is 10.6 Å². The molecule has 2 aromatic rings. The van der Waals surface area contributed by atoms with Crippen molar-refractivity contribution < 1.29 is 19.5 Å². The quantitative estimate of drug-likeness (QED) is 0.691. The van der Waals surface area contributed by atoms with Crippen LogP contribution in [0.15, 0.2) is 54.6 Å². The maximum Gasteiger partial charge on any atom is 0.162 e. The van der Waals surface area contributed by atoms with Gasteiger partial charge in [-0.2, -0.15) is 0 Å². The second-order valence-corrected chi connectivity index (χ2v) is 7.04. The third kappa shape index (κ3) is 5.55. The summed E-state index contributed by atoms with van der Waals surface area (Å²) in [6, 6.07) is 17.6. The number of hydrogen-bond donors (Lipinski definition) is 2. The number of nitrogens with one attached hydrogen (secondary N) is 1. The topological polar surface area (TPSA) is 54.2 Å². The third-order valence-electron chi connectivity index (χ3n) is 5.06. The second-order valence-electron chi connectivity index (χ2n) is 7.04. The van der Waals surface area contributed by atoms with Crippen molar-refractivity contribution in [2.24, 2.45) is 0 Å². The molecule has 5 heteroatoms. The first kappa shape index (κ1) is 19.4. The molecule has 0 amide bonds. The predicted octanol–water partition coefficient (Wildman–Crippen LogP) is 1.42. The van der Waals surface area contributed by atoms with Crippen molar-refractivity contribution >= 4 is 11.5 Å². The van der Waals surface area contributed by atoms with Crippen LogP contribution >= 0.6 is 0 Å². The molecule has 1 aliphatic rings. The molecular weight excluding hydrogens is 340 g/mol. The Labute approximate surface area is 161 Å². The minimum absolute atomic E-state index is 0.125. The van der Waals surface area contributed by atoms with Crippen LogP contribution in [-0.4, -0.2) is 56.3 Å². The number of anilines is 1. The minimum Gasteiger partial charge on any atom is -0.491 e. The average Bonchev–Trinajstić information content (AvgIpc) is 2.73. The molecule has 2 aromatic carbocycles. The molecular formula is C22H29N2O3+. The molecule has 0 aliphatic carbocycles. The number of piperazine rings is 1. The number of carbonyl (C=O) groups is 1. The lowest BCUT2D eigenvalue weighted by atomic mass is 10.1. The van der Waals surface area contributed by atoms with Gasteiger partial charge < -0.3 is 19.6 Å². The third-order valence-corrected chi connectivity index (χ3v) is 5.06. The number of ketones is 1. The number of Topliss-reactive ketones (excluding diaryl/α,β-unsaturated/α-hetero) is 1. The molecule has 144 valence electrons. The zero-order valence-electron chi connectivity index (χ0n) is 15.9. The first-order chi connectivity index (χ1) is 13.2. The molecule has 2 N–H and O–H groups in total. The normalized spacial score (nSPS) is 16.1. The van der Waals surface area contributed by atoms with Gasteiger partial charge in [-0.1, -0.05) is 25.1 Å². The second kappa shape index (κ2) is 9.53. The Kier molecular flexibility index (Phi) is 6.85. The van der Waals surface area contributed by atoms with E-state index in [9.17, 15) is 9.90 Å². The van der Waals surface area contributed by atoms with Crippen molar-refractivity contribution in [1.82, 2.24) is 0 Å². The number of ether oxygens (including phenoxy) is 1. The van der Waals surface area contributed by atoms with Crippen LogP contribution in [0.3, 0.4) is 0 Å². The first-order valence-corrected chi connectivity index (χ1v) is 9.73. The van der Waals surface area contributed by atoms with Crippen LogP contribution in [0.25, 0.3) is 0 Å². The van der Waals surface area contributed by atoms with Gasteiger partial charge in [-0.05, 0) is 36.4 Å². The molecule has 0 spiro atoms. The summed E-state index contributed by atoms with van der Waals surface area (Å²) in [6.07, 6.45) is -0.000555. The van der Waals surface area contributed by atoms with E-state index in [-0.39, 0.29) is 12.4 Å². The van der Waals surface area contributed by atoms with Crippen LogP contribution < -0.4 is 14.5 Å². The van der Waals surface area contributed by atoms with E-state index in [0.29, 0.717) is 24.3 Å². The van der Waals surface area contributed by atoms with Crippen molar-refractivity contribution in [3.63, 3.8) is 0 Å². The summed E-state index contributed by atoms with van der Waals surface area (Å²) in [4.78, 5) is 15.4. The number of carbonyl (C=O) groups excluding carboxylic acids is 1. The Morgan fingerprint density at radius 3 is 2.41 bits per heavy atom. The molecule has 3 rings (SSSR count). The monoisotopic (exact) mass is 369 g/mol. The Hall–Kier alpha value is -2.37. The molecule has 5 nitrogen and oxygen atoms in total. The van der Waals surface area contributed by atoms with E-state index in [1.54, 1.807) is 24.3 Å². The van der Waals surface area contributed by atoms with Gasteiger partial charge in [0.15, 0.2) is 5.78 Å². The van der Waals surface area contributed by atoms with E-state index in [4.69, 9.17) is 4.74 Å². The highest BCUT2D eigenvalue weighted by Gasteiger charge is 2.22. The fraction of sp³-hybridized carbons (Fsp3) is 0.409. The minimum atomic E-state index is -0.500. The summed E-state index contributed by atoms with van der Waals surface area (Å²) in [7, 11) is 0. The van der Waals surface area contributed by atoms with Crippen LogP contribution in [0.1, 0.15) is 23.7 Å². The summed E-state index contributed by atoms with van der Waals surface area (Å²) in [6.45, 7) is 6.84. The highest BCUT2D eigenvalue weighted by Crippen LogP contribution is 2.14. The summed E-state index contributed by atoms with van der Waals surface area (Å²) in [5, 5.41) is 10.3. The highest BCUT2D eigenvalue weighted by atomic mass is 16.5. The van der Waals surface area contributed by atoms with Gasteiger partial charge in [0.1, 0.15) is 25.0 Å². The zero-order chi connectivity index (χ0) is 19.1. The van der Waals surface area contributed by atoms with Crippen molar-refractivity contribution in [1.29, 1.82) is 0 Å². The van der Waals surface area contributed by atoms with Gasteiger partial charge in [0, 0.05) is 17.7 Å². The number of aliphatic hydroxyl groups excluding tert-OH is 1. The molecule has 0 unspecified atom stereocenters. The Bertz CT molecular complexity index is 710. The SMILES string of the molecule is CCC(=O)c1ccc(OC[C@H](O)C[NH+]2CCN(c3ccccc3)CC2)cc1. The summed E-state index contributed by atoms with van der Waals surface area (Å²) in [5.41, 5.74) is 1.97. The van der Waals surface area contributed by atoms with Crippen molar-refractivity contribution in [3.05, 3.63) is 60.2 Å². The number of rotatable bonds is 8. The molecule has 1 saturated heterocycles. The molecule has 0 saturated carbocycles. The first-order valence-electron chi connectivity index (χ1n) is 9.73. The Balaban J connectivity index is 1.40. The highest BCUT2D eigenvalue weighted by molar-refractivity contribution is 5.95. The van der Waals surface area contributed by atoms with E-state index < -0.39 is 6.10 Å². The van der Waals surface area contributed by atoms with E-state index in [1.807, 2.05) is 13.0 Å². The van der Waals surface area contributed by atoms with Gasteiger partial charge in [-0.3, -0.25) is 4.79 Å². The maximum atomic E-state index is 11.6. The van der Waals surface area contributed by atoms with Gasteiger partial charge in [-0.15, -0.1) is 0 Å². The van der Waals surface area contributed by atoms with Crippen LogP contribution in [0.2, 0.25) is 0 Å². The number of quaternary nitrogens is 1. The van der Waals surface area contributed by atoms with Crippen molar-refractivity contribution in [3.8, 4) is 5.75 Å². The van der Waals surface area contributed by atoms with Crippen molar-refractivity contribution in [2.45, 2.75) is 19.4 Å². The molecule has 1 atom stereocenters. The maximum absolute atomic E-state index is 11.6. The zero-order valence-corrected chi connectivity index (χ0v) is 15.9. The van der Waals surface area contributed by atoms with Crippen LogP contribution in [-0.2, 0) is 0 Å². The van der Waals surface area contributed by atoms with Crippen LogP contribution in [0.5, 0.6) is 5.75 Å². The van der Waals surface area contributed by atoms with Gasteiger partial charge in [0.05, 0.1) is 26.2 Å². The lowest BCUT2D eigenvalue weighted by molar-refractivity contribution is -0.903. The Morgan fingerprint density at radius 2 is 1.78 bits per heavy atom. The smallest absolute Gasteiger partial charge is 0.162 e. The molecule has 0 bridgehead atoms. The molecule has 1 heterocycles. The predicted molar refractivity (Wildman–Crippen MR) is 107 cm³/mol. The molecule has 0 aromatic heterocycles. The fourth-order valence-corrected chi connectivity index (χ4v) is 3.45. The number of para-hydroxylation sites is 1. The van der Waals surface area contributed by atoms with Gasteiger partial charge in [0.2, 0.25) is 0 Å². The van der Waals surface area contributed by atoms with Crippen molar-refractivity contribution in [2.75, 3.05) is 44.2 Å². The average molecular weight is 369 g/mol. The van der Waals surface area contributed by atoms with E-state index in [0.717, 1.165) is 26.2 Å². The van der Waals surface area contributed by atoms with Crippen LogP contribution in [0.4, 0.5) is 5.69 Å². The molecule has 1 aliphatic heterocycles. The fourth-order valence-electron chi connectivity index (χ4n) is 3.45. The van der Waals surface area contributed by atoms with Crippen LogP contribution in [0, 0.1) is 0 Å². The molecule has 1 fully saturated rings.